The van der Waals surface area contributed by atoms with Crippen molar-refractivity contribution in [1.82, 2.24) is 19.9 Å². The van der Waals surface area contributed by atoms with Crippen molar-refractivity contribution in [3.05, 3.63) is 42.0 Å². The first-order valence-corrected chi connectivity index (χ1v) is 8.40. The summed E-state index contributed by atoms with van der Waals surface area (Å²) in [5, 5.41) is 0. The minimum atomic E-state index is 0.282. The molecule has 128 valence electrons. The Bertz CT molecular complexity index is 668. The normalized spacial score (nSPS) is 16.1. The Morgan fingerprint density at radius 3 is 2.71 bits per heavy atom. The van der Waals surface area contributed by atoms with Gasteiger partial charge in [0.15, 0.2) is 0 Å². The van der Waals surface area contributed by atoms with Gasteiger partial charge >= 0.3 is 0 Å². The zero-order valence-corrected chi connectivity index (χ0v) is 14.6. The van der Waals surface area contributed by atoms with Gasteiger partial charge in [-0.1, -0.05) is 0 Å². The number of nitrogens with zero attached hydrogens (tertiary/aromatic N) is 5. The molecular weight excluding hydrogens is 302 g/mol. The second-order valence-electron chi connectivity index (χ2n) is 6.48. The van der Waals surface area contributed by atoms with E-state index in [9.17, 15) is 0 Å². The molecule has 0 radical (unpaired) electrons. The standard InChI is InChI=1S/C18H25N5O/c1-14-12-19-8-5-17(14)24-16-6-10-23(11-7-16)13-15-4-9-20-18(21-15)22(2)3/h4-5,8-9,12,16H,6-7,10-11,13H2,1-3H3. The highest BCUT2D eigenvalue weighted by Crippen LogP contribution is 2.22. The SMILES string of the molecule is Cc1cnccc1OC1CCN(Cc2ccnc(N(C)C)n2)CC1. The molecule has 0 N–H and O–H groups in total. The van der Waals surface area contributed by atoms with Gasteiger partial charge in [0.05, 0.1) is 5.69 Å². The third kappa shape index (κ3) is 4.20. The molecule has 1 aliphatic rings. The lowest BCUT2D eigenvalue weighted by Crippen LogP contribution is -2.38. The maximum absolute atomic E-state index is 6.14. The number of piperidine rings is 1. The van der Waals surface area contributed by atoms with Gasteiger partial charge in [-0.05, 0) is 31.9 Å². The third-order valence-corrected chi connectivity index (χ3v) is 4.28. The van der Waals surface area contributed by atoms with Gasteiger partial charge in [0.1, 0.15) is 11.9 Å². The van der Waals surface area contributed by atoms with E-state index in [0.717, 1.165) is 55.4 Å². The summed E-state index contributed by atoms with van der Waals surface area (Å²) in [4.78, 5) is 17.3. The van der Waals surface area contributed by atoms with Crippen LogP contribution in [0.15, 0.2) is 30.7 Å². The first-order valence-electron chi connectivity index (χ1n) is 8.40. The van der Waals surface area contributed by atoms with E-state index >= 15 is 0 Å². The van der Waals surface area contributed by atoms with Crippen LogP contribution in [-0.2, 0) is 6.54 Å². The molecule has 2 aromatic heterocycles. The lowest BCUT2D eigenvalue weighted by molar-refractivity contribution is 0.0955. The molecule has 3 heterocycles. The molecule has 3 rings (SSSR count). The van der Waals surface area contributed by atoms with Crippen LogP contribution in [0.1, 0.15) is 24.1 Å². The molecule has 0 aromatic carbocycles. The molecule has 0 spiro atoms. The van der Waals surface area contributed by atoms with Crippen molar-refractivity contribution in [1.29, 1.82) is 0 Å². The molecular formula is C18H25N5O. The first kappa shape index (κ1) is 16.6. The van der Waals surface area contributed by atoms with Crippen molar-refractivity contribution in [2.45, 2.75) is 32.4 Å². The Balaban J connectivity index is 1.52. The van der Waals surface area contributed by atoms with Gasteiger partial charge in [0.25, 0.3) is 0 Å². The van der Waals surface area contributed by atoms with Gasteiger partial charge < -0.3 is 9.64 Å². The Kier molecular flexibility index (Phi) is 5.25. The Morgan fingerprint density at radius 2 is 2.00 bits per heavy atom. The average molecular weight is 327 g/mol. The smallest absolute Gasteiger partial charge is 0.225 e. The molecule has 1 fully saturated rings. The Labute approximate surface area is 143 Å². The second kappa shape index (κ2) is 7.57. The number of aryl methyl sites for hydroxylation is 1. The number of aromatic nitrogens is 3. The molecule has 6 nitrogen and oxygen atoms in total. The quantitative estimate of drug-likeness (QED) is 0.840. The predicted octanol–water partition coefficient (Wildman–Crippen LogP) is 2.29. The summed E-state index contributed by atoms with van der Waals surface area (Å²) in [6.45, 7) is 4.95. The van der Waals surface area contributed by atoms with Crippen molar-refractivity contribution < 1.29 is 4.74 Å². The van der Waals surface area contributed by atoms with Crippen LogP contribution in [0.3, 0.4) is 0 Å². The minimum Gasteiger partial charge on any atom is -0.490 e. The summed E-state index contributed by atoms with van der Waals surface area (Å²) in [7, 11) is 3.92. The van der Waals surface area contributed by atoms with E-state index in [0.29, 0.717) is 0 Å². The summed E-state index contributed by atoms with van der Waals surface area (Å²) in [6.07, 6.45) is 7.82. The third-order valence-electron chi connectivity index (χ3n) is 4.28. The van der Waals surface area contributed by atoms with E-state index in [4.69, 9.17) is 4.74 Å². The number of anilines is 1. The van der Waals surface area contributed by atoms with Crippen molar-refractivity contribution in [3.8, 4) is 5.75 Å². The van der Waals surface area contributed by atoms with Gasteiger partial charge in [-0.3, -0.25) is 9.88 Å². The van der Waals surface area contributed by atoms with Gasteiger partial charge in [0.2, 0.25) is 5.95 Å². The first-order chi connectivity index (χ1) is 11.6. The average Bonchev–Trinajstić information content (AvgIpc) is 2.59. The lowest BCUT2D eigenvalue weighted by atomic mass is 10.1. The van der Waals surface area contributed by atoms with Crippen molar-refractivity contribution in [2.24, 2.45) is 0 Å². The maximum Gasteiger partial charge on any atom is 0.225 e. The topological polar surface area (TPSA) is 54.4 Å². The van der Waals surface area contributed by atoms with E-state index in [1.807, 2.05) is 50.4 Å². The highest BCUT2D eigenvalue weighted by atomic mass is 16.5. The number of hydrogen-bond acceptors (Lipinski definition) is 6. The zero-order chi connectivity index (χ0) is 16.9. The van der Waals surface area contributed by atoms with Gasteiger partial charge in [-0.25, -0.2) is 9.97 Å². The Morgan fingerprint density at radius 1 is 1.21 bits per heavy atom. The molecule has 0 bridgehead atoms. The van der Waals surface area contributed by atoms with Gasteiger partial charge in [0, 0.05) is 57.9 Å². The predicted molar refractivity (Wildman–Crippen MR) is 94.3 cm³/mol. The number of pyridine rings is 1. The second-order valence-corrected chi connectivity index (χ2v) is 6.48. The fourth-order valence-electron chi connectivity index (χ4n) is 2.87. The molecule has 2 aromatic rings. The van der Waals surface area contributed by atoms with Crippen LogP contribution in [0, 0.1) is 6.92 Å². The summed E-state index contributed by atoms with van der Waals surface area (Å²) in [5.41, 5.74) is 2.16. The number of likely N-dealkylation sites (tertiary alicyclic amines) is 1. The van der Waals surface area contributed by atoms with Gasteiger partial charge in [-0.2, -0.15) is 0 Å². The molecule has 1 aliphatic heterocycles. The molecule has 1 saturated heterocycles. The monoisotopic (exact) mass is 327 g/mol. The lowest BCUT2D eigenvalue weighted by Gasteiger charge is -2.32. The summed E-state index contributed by atoms with van der Waals surface area (Å²) in [6, 6.07) is 3.95. The van der Waals surface area contributed by atoms with Crippen LogP contribution >= 0.6 is 0 Å². The molecule has 6 heteroatoms. The summed E-state index contributed by atoms with van der Waals surface area (Å²) < 4.78 is 6.14. The van der Waals surface area contributed by atoms with Crippen LogP contribution in [0.5, 0.6) is 5.75 Å². The number of ether oxygens (including phenoxy) is 1. The van der Waals surface area contributed by atoms with Crippen LogP contribution in [0.4, 0.5) is 5.95 Å². The molecule has 0 atom stereocenters. The van der Waals surface area contributed by atoms with E-state index in [1.165, 1.54) is 0 Å². The number of rotatable bonds is 5. The molecule has 0 aliphatic carbocycles. The van der Waals surface area contributed by atoms with Gasteiger partial charge in [-0.15, -0.1) is 0 Å². The highest BCUT2D eigenvalue weighted by molar-refractivity contribution is 5.29. The van der Waals surface area contributed by atoms with Crippen LogP contribution < -0.4 is 9.64 Å². The van der Waals surface area contributed by atoms with Crippen LogP contribution in [-0.4, -0.2) is 53.1 Å². The number of hydrogen-bond donors (Lipinski definition) is 0. The van der Waals surface area contributed by atoms with Crippen LogP contribution in [0.25, 0.3) is 0 Å². The van der Waals surface area contributed by atoms with Crippen molar-refractivity contribution in [2.75, 3.05) is 32.1 Å². The Hall–Kier alpha value is -2.21. The van der Waals surface area contributed by atoms with E-state index in [1.54, 1.807) is 6.20 Å². The highest BCUT2D eigenvalue weighted by Gasteiger charge is 2.21. The fraction of sp³-hybridized carbons (Fsp3) is 0.500. The molecule has 0 unspecified atom stereocenters. The zero-order valence-electron chi connectivity index (χ0n) is 14.6. The summed E-state index contributed by atoms with van der Waals surface area (Å²) >= 11 is 0. The molecule has 0 saturated carbocycles. The fourth-order valence-corrected chi connectivity index (χ4v) is 2.87. The van der Waals surface area contributed by atoms with Crippen molar-refractivity contribution >= 4 is 5.95 Å². The van der Waals surface area contributed by atoms with E-state index in [-0.39, 0.29) is 6.10 Å². The largest absolute Gasteiger partial charge is 0.490 e. The van der Waals surface area contributed by atoms with Crippen LogP contribution in [0.2, 0.25) is 0 Å². The summed E-state index contributed by atoms with van der Waals surface area (Å²) in [5.74, 6) is 1.72. The molecule has 24 heavy (non-hydrogen) atoms. The maximum atomic E-state index is 6.14. The van der Waals surface area contributed by atoms with E-state index in [2.05, 4.69) is 19.9 Å². The molecule has 0 amide bonds. The minimum absolute atomic E-state index is 0.282. The van der Waals surface area contributed by atoms with E-state index < -0.39 is 0 Å². The van der Waals surface area contributed by atoms with Crippen molar-refractivity contribution in [3.63, 3.8) is 0 Å².